The van der Waals surface area contributed by atoms with Crippen LogP contribution in [-0.4, -0.2) is 21.3 Å². The topological polar surface area (TPSA) is 30.5 Å². The maximum atomic E-state index is 14.2. The van der Waals surface area contributed by atoms with Gasteiger partial charge in [0.05, 0.1) is 19.1 Å². The monoisotopic (exact) mass is 295 g/mol. The van der Waals surface area contributed by atoms with Crippen LogP contribution in [-0.2, 0) is 6.42 Å². The quantitative estimate of drug-likeness (QED) is 0.886. The van der Waals surface area contributed by atoms with Gasteiger partial charge in [-0.3, -0.25) is 0 Å². The number of halogens is 1. The van der Waals surface area contributed by atoms with Gasteiger partial charge in [-0.1, -0.05) is 12.1 Å². The van der Waals surface area contributed by atoms with Gasteiger partial charge in [-0.05, 0) is 36.5 Å². The van der Waals surface area contributed by atoms with Crippen LogP contribution in [0.1, 0.15) is 16.5 Å². The zero-order valence-electron chi connectivity index (χ0n) is 11.8. The normalized spacial score (nSPS) is 12.2. The second kappa shape index (κ2) is 6.72. The zero-order valence-corrected chi connectivity index (χ0v) is 12.6. The van der Waals surface area contributed by atoms with Crippen molar-refractivity contribution in [2.75, 3.05) is 21.3 Å². The molecule has 0 amide bonds. The molecule has 1 aromatic heterocycles. The summed E-state index contributed by atoms with van der Waals surface area (Å²) in [6, 6.07) is 7.13. The van der Waals surface area contributed by atoms with Crippen molar-refractivity contribution in [1.29, 1.82) is 0 Å². The van der Waals surface area contributed by atoms with Crippen LogP contribution < -0.4 is 14.8 Å². The second-order valence-electron chi connectivity index (χ2n) is 4.33. The van der Waals surface area contributed by atoms with Crippen molar-refractivity contribution < 1.29 is 13.9 Å². The van der Waals surface area contributed by atoms with Gasteiger partial charge >= 0.3 is 0 Å². The van der Waals surface area contributed by atoms with Crippen molar-refractivity contribution in [1.82, 2.24) is 5.32 Å². The SMILES string of the molecule is CNC(Cc1cccc(OC)c1F)c1sccc1OC. The zero-order chi connectivity index (χ0) is 14.5. The number of hydrogen-bond acceptors (Lipinski definition) is 4. The lowest BCUT2D eigenvalue weighted by atomic mass is 10.0. The molecule has 5 heteroatoms. The van der Waals surface area contributed by atoms with E-state index >= 15 is 0 Å². The van der Waals surface area contributed by atoms with Gasteiger partial charge in [0.25, 0.3) is 0 Å². The molecular formula is C15H18FNO2S. The van der Waals surface area contributed by atoms with Crippen LogP contribution in [0.3, 0.4) is 0 Å². The highest BCUT2D eigenvalue weighted by atomic mass is 32.1. The first-order valence-electron chi connectivity index (χ1n) is 6.31. The minimum atomic E-state index is -0.300. The van der Waals surface area contributed by atoms with E-state index in [9.17, 15) is 4.39 Å². The smallest absolute Gasteiger partial charge is 0.168 e. The van der Waals surface area contributed by atoms with Gasteiger partial charge in [-0.15, -0.1) is 11.3 Å². The molecule has 20 heavy (non-hydrogen) atoms. The minimum absolute atomic E-state index is 0.00607. The second-order valence-corrected chi connectivity index (χ2v) is 5.28. The molecule has 0 saturated carbocycles. The highest BCUT2D eigenvalue weighted by molar-refractivity contribution is 7.10. The number of ether oxygens (including phenoxy) is 2. The number of hydrogen-bond donors (Lipinski definition) is 1. The number of rotatable bonds is 6. The molecule has 0 aliphatic rings. The van der Waals surface area contributed by atoms with E-state index in [0.29, 0.717) is 12.0 Å². The van der Waals surface area contributed by atoms with E-state index in [4.69, 9.17) is 9.47 Å². The van der Waals surface area contributed by atoms with Crippen molar-refractivity contribution >= 4 is 11.3 Å². The average molecular weight is 295 g/mol. The molecule has 0 bridgehead atoms. The third-order valence-corrected chi connectivity index (χ3v) is 4.24. The highest BCUT2D eigenvalue weighted by Gasteiger charge is 2.19. The van der Waals surface area contributed by atoms with E-state index in [1.165, 1.54) is 7.11 Å². The molecule has 0 saturated heterocycles. The Hall–Kier alpha value is -1.59. The van der Waals surface area contributed by atoms with Crippen molar-refractivity contribution in [3.8, 4) is 11.5 Å². The van der Waals surface area contributed by atoms with E-state index in [0.717, 1.165) is 10.6 Å². The lowest BCUT2D eigenvalue weighted by Crippen LogP contribution is -2.19. The Balaban J connectivity index is 2.27. The predicted molar refractivity (Wildman–Crippen MR) is 79.3 cm³/mol. The Morgan fingerprint density at radius 3 is 2.60 bits per heavy atom. The van der Waals surface area contributed by atoms with E-state index in [-0.39, 0.29) is 17.6 Å². The summed E-state index contributed by atoms with van der Waals surface area (Å²) < 4.78 is 24.6. The third-order valence-electron chi connectivity index (χ3n) is 3.23. The van der Waals surface area contributed by atoms with Gasteiger partial charge in [0.15, 0.2) is 11.6 Å². The first-order valence-corrected chi connectivity index (χ1v) is 7.19. The van der Waals surface area contributed by atoms with E-state index in [2.05, 4.69) is 5.32 Å². The molecule has 2 rings (SSSR count). The summed E-state index contributed by atoms with van der Waals surface area (Å²) in [6.45, 7) is 0. The standard InChI is InChI=1S/C15H18FNO2S/c1-17-11(15-13(19-3)7-8-20-15)9-10-5-4-6-12(18-2)14(10)16/h4-8,11,17H,9H2,1-3H3. The molecule has 3 nitrogen and oxygen atoms in total. The Labute approximate surface area is 122 Å². The van der Waals surface area contributed by atoms with Crippen LogP contribution in [0.2, 0.25) is 0 Å². The summed E-state index contributed by atoms with van der Waals surface area (Å²) in [7, 11) is 4.98. The van der Waals surface area contributed by atoms with Crippen LogP contribution in [0.15, 0.2) is 29.6 Å². The number of thiophene rings is 1. The summed E-state index contributed by atoms with van der Waals surface area (Å²) in [5.41, 5.74) is 0.624. The number of nitrogens with one attached hydrogen (secondary N) is 1. The van der Waals surface area contributed by atoms with Gasteiger partial charge in [-0.2, -0.15) is 0 Å². The Kier molecular flexibility index (Phi) is 4.98. The van der Waals surface area contributed by atoms with Crippen LogP contribution in [0, 0.1) is 5.82 Å². The summed E-state index contributed by atoms with van der Waals surface area (Å²) >= 11 is 1.60. The molecule has 1 aromatic carbocycles. The van der Waals surface area contributed by atoms with Crippen molar-refractivity contribution in [2.45, 2.75) is 12.5 Å². The van der Waals surface area contributed by atoms with E-state index in [1.54, 1.807) is 36.6 Å². The number of likely N-dealkylation sites (N-methyl/N-ethyl adjacent to an activating group) is 1. The van der Waals surface area contributed by atoms with Crippen LogP contribution in [0.4, 0.5) is 4.39 Å². The number of benzene rings is 1. The van der Waals surface area contributed by atoms with Gasteiger partial charge in [0.1, 0.15) is 5.75 Å². The summed E-state index contributed by atoms with van der Waals surface area (Å²) in [5, 5.41) is 5.19. The first-order chi connectivity index (χ1) is 9.71. The van der Waals surface area contributed by atoms with E-state index < -0.39 is 0 Å². The lowest BCUT2D eigenvalue weighted by Gasteiger charge is -2.17. The average Bonchev–Trinajstić information content (AvgIpc) is 2.94. The van der Waals surface area contributed by atoms with Gasteiger partial charge in [0, 0.05) is 6.04 Å². The fourth-order valence-electron chi connectivity index (χ4n) is 2.15. The van der Waals surface area contributed by atoms with Crippen molar-refractivity contribution in [2.24, 2.45) is 0 Å². The molecule has 108 valence electrons. The molecule has 2 aromatic rings. The van der Waals surface area contributed by atoms with Gasteiger partial charge < -0.3 is 14.8 Å². The molecule has 0 aliphatic heterocycles. The molecule has 0 radical (unpaired) electrons. The van der Waals surface area contributed by atoms with E-state index in [1.807, 2.05) is 18.5 Å². The fourth-order valence-corrected chi connectivity index (χ4v) is 3.12. The van der Waals surface area contributed by atoms with Crippen molar-refractivity contribution in [3.63, 3.8) is 0 Å². The molecule has 1 unspecified atom stereocenters. The predicted octanol–water partition coefficient (Wildman–Crippen LogP) is 3.41. The molecule has 1 N–H and O–H groups in total. The fraction of sp³-hybridized carbons (Fsp3) is 0.333. The molecule has 0 spiro atoms. The Bertz CT molecular complexity index is 571. The molecular weight excluding hydrogens is 277 g/mol. The van der Waals surface area contributed by atoms with Crippen LogP contribution in [0.5, 0.6) is 11.5 Å². The minimum Gasteiger partial charge on any atom is -0.496 e. The Morgan fingerprint density at radius 2 is 1.95 bits per heavy atom. The maximum Gasteiger partial charge on any atom is 0.168 e. The maximum absolute atomic E-state index is 14.2. The molecule has 1 heterocycles. The third kappa shape index (κ3) is 2.94. The molecule has 0 aliphatic carbocycles. The van der Waals surface area contributed by atoms with Gasteiger partial charge in [-0.25, -0.2) is 4.39 Å². The molecule has 1 atom stereocenters. The first kappa shape index (κ1) is 14.8. The van der Waals surface area contributed by atoms with Crippen LogP contribution >= 0.6 is 11.3 Å². The Morgan fingerprint density at radius 1 is 1.20 bits per heavy atom. The summed E-state index contributed by atoms with van der Waals surface area (Å²) in [6.07, 6.45) is 0.538. The summed E-state index contributed by atoms with van der Waals surface area (Å²) in [5.74, 6) is 0.805. The van der Waals surface area contributed by atoms with Gasteiger partial charge in [0.2, 0.25) is 0 Å². The van der Waals surface area contributed by atoms with Crippen molar-refractivity contribution in [3.05, 3.63) is 45.9 Å². The number of methoxy groups -OCH3 is 2. The summed E-state index contributed by atoms with van der Waals surface area (Å²) in [4.78, 5) is 1.07. The van der Waals surface area contributed by atoms with Crippen LogP contribution in [0.25, 0.3) is 0 Å². The largest absolute Gasteiger partial charge is 0.496 e. The highest BCUT2D eigenvalue weighted by Crippen LogP contribution is 2.33. The lowest BCUT2D eigenvalue weighted by molar-refractivity contribution is 0.382. The molecule has 0 fully saturated rings.